The summed E-state index contributed by atoms with van der Waals surface area (Å²) in [6.45, 7) is -0.449. The summed E-state index contributed by atoms with van der Waals surface area (Å²) in [6, 6.07) is 0. The van der Waals surface area contributed by atoms with E-state index in [1.807, 2.05) is 0 Å². The quantitative estimate of drug-likeness (QED) is 0.409. The number of hydrogen-bond acceptors (Lipinski definition) is 3. The molecule has 62 valence electrons. The molecule has 6 heteroatoms. The zero-order valence-corrected chi connectivity index (χ0v) is 7.22. The topological polar surface area (TPSA) is 98.0 Å². The van der Waals surface area contributed by atoms with Crippen molar-refractivity contribution in [2.45, 2.75) is 17.7 Å². The van der Waals surface area contributed by atoms with Crippen LogP contribution in [0.1, 0.15) is 6.42 Å². The number of hydrogen-bond donors (Lipinski definition) is 4. The minimum absolute atomic E-state index is 0.0417. The van der Waals surface area contributed by atoms with Gasteiger partial charge in [-0.25, -0.2) is 0 Å². The van der Waals surface area contributed by atoms with Crippen LogP contribution in [0.25, 0.3) is 0 Å². The fraction of sp³-hybridized carbons (Fsp3) is 1.00. The number of rotatable bonds is 4. The molecule has 0 saturated carbocycles. The Morgan fingerprint density at radius 3 is 2.20 bits per heavy atom. The summed E-state index contributed by atoms with van der Waals surface area (Å²) in [6.07, 6.45) is -1.05. The molecule has 0 saturated heterocycles. The van der Waals surface area contributed by atoms with Gasteiger partial charge in [-0.2, -0.15) is 0 Å². The molecule has 0 spiro atoms. The van der Waals surface area contributed by atoms with Crippen molar-refractivity contribution in [1.29, 1.82) is 0 Å². The minimum atomic E-state index is -4.56. The van der Waals surface area contributed by atoms with Crippen molar-refractivity contribution in [3.05, 3.63) is 0 Å². The number of aliphatic hydroxyl groups excluding tert-OH is 2. The maximum absolute atomic E-state index is 10.2. The summed E-state index contributed by atoms with van der Waals surface area (Å²) < 4.78 is 26.9. The maximum atomic E-state index is 10.2. The van der Waals surface area contributed by atoms with Gasteiger partial charge in [0.1, 0.15) is 0 Å². The Morgan fingerprint density at radius 2 is 1.90 bits per heavy atom. The molecule has 0 heterocycles. The molecule has 0 aliphatic rings. The molecule has 0 aromatic heterocycles. The van der Waals surface area contributed by atoms with Gasteiger partial charge in [-0.3, -0.25) is 0 Å². The van der Waals surface area contributed by atoms with Gasteiger partial charge in [0, 0.05) is 0 Å². The third kappa shape index (κ3) is 6.32. The van der Waals surface area contributed by atoms with E-state index in [2.05, 4.69) is 0 Å². The van der Waals surface area contributed by atoms with E-state index in [0.717, 1.165) is 0 Å². The van der Waals surface area contributed by atoms with Crippen LogP contribution in [0.4, 0.5) is 0 Å². The zero-order chi connectivity index (χ0) is 8.20. The van der Waals surface area contributed by atoms with Crippen molar-refractivity contribution in [3.63, 3.8) is 0 Å². The summed E-state index contributed by atoms with van der Waals surface area (Å²) in [5.41, 5.74) is 0. The van der Waals surface area contributed by atoms with Crippen LogP contribution in [0.3, 0.4) is 0 Å². The standard InChI is InChI=1S/C4H11AsO5/c6-3-4(7)1-2-5(8,9)10/h4,6-7H,1-3H2,(H2,8,9,10)/t4-/m1/s1. The predicted octanol–water partition coefficient (Wildman–Crippen LogP) is -1.92. The van der Waals surface area contributed by atoms with Crippen LogP contribution in [-0.2, 0) is 3.74 Å². The molecule has 10 heavy (non-hydrogen) atoms. The summed E-state index contributed by atoms with van der Waals surface area (Å²) in [5.74, 6) is 0. The molecule has 0 aliphatic heterocycles. The van der Waals surface area contributed by atoms with Crippen molar-refractivity contribution >= 4 is 14.2 Å². The Hall–Kier alpha value is 0.198. The van der Waals surface area contributed by atoms with Gasteiger partial charge in [-0.05, 0) is 0 Å². The van der Waals surface area contributed by atoms with E-state index >= 15 is 0 Å². The molecule has 0 amide bonds. The second kappa shape index (κ2) is 4.15. The zero-order valence-electron chi connectivity index (χ0n) is 5.34. The molecular formula is C4H11AsO5. The van der Waals surface area contributed by atoms with Crippen LogP contribution < -0.4 is 0 Å². The van der Waals surface area contributed by atoms with Gasteiger partial charge in [0.2, 0.25) is 0 Å². The van der Waals surface area contributed by atoms with Crippen LogP contribution >= 0.6 is 0 Å². The fourth-order valence-corrected chi connectivity index (χ4v) is 1.74. The van der Waals surface area contributed by atoms with Gasteiger partial charge in [-0.15, -0.1) is 0 Å². The SMILES string of the molecule is O=[As](O)(O)CC[C@@H](O)CO. The van der Waals surface area contributed by atoms with Gasteiger partial charge in [0.15, 0.2) is 0 Å². The average molecular weight is 214 g/mol. The van der Waals surface area contributed by atoms with E-state index in [0.29, 0.717) is 0 Å². The fourth-order valence-electron chi connectivity index (χ4n) is 0.408. The van der Waals surface area contributed by atoms with Crippen molar-refractivity contribution < 1.29 is 22.1 Å². The molecule has 0 aromatic carbocycles. The van der Waals surface area contributed by atoms with E-state index in [4.69, 9.17) is 18.4 Å². The van der Waals surface area contributed by atoms with Crippen LogP contribution in [0.15, 0.2) is 0 Å². The molecule has 1 atom stereocenters. The van der Waals surface area contributed by atoms with E-state index in [1.54, 1.807) is 0 Å². The first-order valence-electron chi connectivity index (χ1n) is 2.79. The second-order valence-corrected chi connectivity index (χ2v) is 5.74. The first-order chi connectivity index (χ1) is 4.45. The van der Waals surface area contributed by atoms with E-state index in [1.165, 1.54) is 0 Å². The molecule has 4 N–H and O–H groups in total. The van der Waals surface area contributed by atoms with Crippen molar-refractivity contribution in [3.8, 4) is 0 Å². The third-order valence-electron chi connectivity index (χ3n) is 0.964. The predicted molar refractivity (Wildman–Crippen MR) is 33.4 cm³/mol. The Bertz CT molecular complexity index is 130. The van der Waals surface area contributed by atoms with Crippen LogP contribution in [-0.4, -0.2) is 45.3 Å². The summed E-state index contributed by atoms with van der Waals surface area (Å²) in [5, 5.41) is 16.6. The molecule has 0 fully saturated rings. The summed E-state index contributed by atoms with van der Waals surface area (Å²) in [4.78, 5) is 0. The second-order valence-electron chi connectivity index (χ2n) is 2.01. The molecule has 0 bridgehead atoms. The molecular weight excluding hydrogens is 203 g/mol. The Kier molecular flexibility index (Phi) is 4.24. The first-order valence-corrected chi connectivity index (χ1v) is 6.56. The molecule has 0 radical (unpaired) electrons. The third-order valence-corrected chi connectivity index (χ3v) is 2.73. The molecule has 0 rings (SSSR count). The molecule has 5 nitrogen and oxygen atoms in total. The molecule has 0 aliphatic carbocycles. The van der Waals surface area contributed by atoms with E-state index < -0.39 is 26.9 Å². The Labute approximate surface area is 61.3 Å². The van der Waals surface area contributed by atoms with Crippen LogP contribution in [0.5, 0.6) is 0 Å². The van der Waals surface area contributed by atoms with E-state index in [-0.39, 0.29) is 11.6 Å². The Morgan fingerprint density at radius 1 is 1.40 bits per heavy atom. The Balaban J connectivity index is 3.46. The summed E-state index contributed by atoms with van der Waals surface area (Å²) >= 11 is -4.56. The first kappa shape index (κ1) is 10.2. The van der Waals surface area contributed by atoms with Crippen LogP contribution in [0, 0.1) is 0 Å². The van der Waals surface area contributed by atoms with Gasteiger partial charge in [0.25, 0.3) is 0 Å². The normalized spacial score (nSPS) is 15.2. The molecule has 0 aromatic rings. The molecule has 0 unspecified atom stereocenters. The number of aliphatic hydroxyl groups is 2. The van der Waals surface area contributed by atoms with Crippen LogP contribution in [0.2, 0.25) is 5.21 Å². The van der Waals surface area contributed by atoms with Gasteiger partial charge in [0.05, 0.1) is 0 Å². The average Bonchev–Trinajstić information content (AvgIpc) is 1.81. The summed E-state index contributed by atoms with van der Waals surface area (Å²) in [7, 11) is 0. The van der Waals surface area contributed by atoms with E-state index in [9.17, 15) is 3.74 Å². The van der Waals surface area contributed by atoms with Gasteiger partial charge in [-0.1, -0.05) is 0 Å². The van der Waals surface area contributed by atoms with Crippen molar-refractivity contribution in [2.75, 3.05) is 6.61 Å². The van der Waals surface area contributed by atoms with Gasteiger partial charge < -0.3 is 0 Å². The van der Waals surface area contributed by atoms with Crippen molar-refractivity contribution in [2.24, 2.45) is 0 Å². The van der Waals surface area contributed by atoms with Gasteiger partial charge >= 0.3 is 60.7 Å². The van der Waals surface area contributed by atoms with Crippen molar-refractivity contribution in [1.82, 2.24) is 0 Å². The monoisotopic (exact) mass is 214 g/mol.